The van der Waals surface area contributed by atoms with E-state index in [0.29, 0.717) is 36.1 Å². The van der Waals surface area contributed by atoms with Gasteiger partial charge in [-0.15, -0.1) is 0 Å². The van der Waals surface area contributed by atoms with Crippen LogP contribution >= 0.6 is 11.6 Å². The van der Waals surface area contributed by atoms with Gasteiger partial charge in [-0.3, -0.25) is 4.79 Å². The standard InChI is InChI=1S/C17H18ClNO3/c1-21-9-10-22-16-8-7-14(18)12-15(16)19-17(20)11-13-5-3-2-4-6-13/h2-8,12H,9-11H2,1H3,(H,19,20). The third kappa shape index (κ3) is 5.06. The second-order valence-electron chi connectivity index (χ2n) is 4.69. The fourth-order valence-corrected chi connectivity index (χ4v) is 2.11. The molecule has 22 heavy (non-hydrogen) atoms. The SMILES string of the molecule is COCCOc1ccc(Cl)cc1NC(=O)Cc1ccccc1. The van der Waals surface area contributed by atoms with Crippen molar-refractivity contribution in [2.24, 2.45) is 0 Å². The lowest BCUT2D eigenvalue weighted by Gasteiger charge is -2.13. The summed E-state index contributed by atoms with van der Waals surface area (Å²) in [6, 6.07) is 14.7. The van der Waals surface area contributed by atoms with Crippen molar-refractivity contribution in [2.75, 3.05) is 25.6 Å². The van der Waals surface area contributed by atoms with Crippen molar-refractivity contribution in [1.29, 1.82) is 0 Å². The molecule has 2 aromatic carbocycles. The molecule has 1 amide bonds. The van der Waals surface area contributed by atoms with Gasteiger partial charge in [0.2, 0.25) is 5.91 Å². The predicted octanol–water partition coefficient (Wildman–Crippen LogP) is 3.55. The molecule has 0 radical (unpaired) electrons. The minimum Gasteiger partial charge on any atom is -0.489 e. The van der Waals surface area contributed by atoms with E-state index in [2.05, 4.69) is 5.32 Å². The van der Waals surface area contributed by atoms with E-state index < -0.39 is 0 Å². The maximum atomic E-state index is 12.1. The number of amides is 1. The first-order valence-corrected chi connectivity index (χ1v) is 7.32. The smallest absolute Gasteiger partial charge is 0.228 e. The van der Waals surface area contributed by atoms with E-state index in [1.54, 1.807) is 25.3 Å². The minimum absolute atomic E-state index is 0.120. The number of nitrogens with one attached hydrogen (secondary N) is 1. The Morgan fingerprint density at radius 3 is 2.64 bits per heavy atom. The average molecular weight is 320 g/mol. The van der Waals surface area contributed by atoms with Crippen molar-refractivity contribution in [2.45, 2.75) is 6.42 Å². The molecule has 1 N–H and O–H groups in total. The molecule has 0 spiro atoms. The molecular formula is C17H18ClNO3. The van der Waals surface area contributed by atoms with Crippen LogP contribution in [0, 0.1) is 0 Å². The molecular weight excluding hydrogens is 302 g/mol. The molecule has 0 heterocycles. The Morgan fingerprint density at radius 2 is 1.91 bits per heavy atom. The van der Waals surface area contributed by atoms with Crippen molar-refractivity contribution < 1.29 is 14.3 Å². The topological polar surface area (TPSA) is 47.6 Å². The normalized spacial score (nSPS) is 10.3. The number of hydrogen-bond donors (Lipinski definition) is 1. The molecule has 0 aromatic heterocycles. The molecule has 5 heteroatoms. The van der Waals surface area contributed by atoms with Crippen LogP contribution in [0.5, 0.6) is 5.75 Å². The van der Waals surface area contributed by atoms with E-state index in [4.69, 9.17) is 21.1 Å². The third-order valence-electron chi connectivity index (χ3n) is 2.97. The van der Waals surface area contributed by atoms with Crippen LogP contribution in [0.4, 0.5) is 5.69 Å². The zero-order chi connectivity index (χ0) is 15.8. The zero-order valence-corrected chi connectivity index (χ0v) is 13.1. The minimum atomic E-state index is -0.120. The van der Waals surface area contributed by atoms with Gasteiger partial charge < -0.3 is 14.8 Å². The first-order valence-electron chi connectivity index (χ1n) is 6.94. The molecule has 0 aliphatic rings. The van der Waals surface area contributed by atoms with Crippen LogP contribution in [-0.2, 0) is 16.0 Å². The van der Waals surface area contributed by atoms with Crippen LogP contribution in [0.15, 0.2) is 48.5 Å². The number of ether oxygens (including phenoxy) is 2. The van der Waals surface area contributed by atoms with E-state index in [9.17, 15) is 4.79 Å². The third-order valence-corrected chi connectivity index (χ3v) is 3.20. The highest BCUT2D eigenvalue weighted by atomic mass is 35.5. The predicted molar refractivity (Wildman–Crippen MR) is 87.6 cm³/mol. The summed E-state index contributed by atoms with van der Waals surface area (Å²) in [4.78, 5) is 12.1. The second-order valence-corrected chi connectivity index (χ2v) is 5.13. The Bertz CT molecular complexity index is 617. The lowest BCUT2D eigenvalue weighted by atomic mass is 10.1. The summed E-state index contributed by atoms with van der Waals surface area (Å²) >= 11 is 5.99. The Labute approximate surface area is 135 Å². The van der Waals surface area contributed by atoms with Crippen molar-refractivity contribution in [1.82, 2.24) is 0 Å². The molecule has 2 aromatic rings. The number of methoxy groups -OCH3 is 1. The van der Waals surface area contributed by atoms with Gasteiger partial charge in [0.15, 0.2) is 0 Å². The molecule has 0 aliphatic carbocycles. The van der Waals surface area contributed by atoms with Crippen molar-refractivity contribution in [3.05, 3.63) is 59.1 Å². The Kier molecular flexibility index (Phi) is 6.25. The van der Waals surface area contributed by atoms with E-state index >= 15 is 0 Å². The number of anilines is 1. The van der Waals surface area contributed by atoms with Crippen molar-refractivity contribution in [3.8, 4) is 5.75 Å². The molecule has 0 aliphatic heterocycles. The highest BCUT2D eigenvalue weighted by Crippen LogP contribution is 2.28. The molecule has 0 unspecified atom stereocenters. The van der Waals surface area contributed by atoms with E-state index in [1.165, 1.54) is 0 Å². The molecule has 116 valence electrons. The Balaban J connectivity index is 2.03. The first kappa shape index (κ1) is 16.3. The van der Waals surface area contributed by atoms with Crippen LogP contribution in [0.1, 0.15) is 5.56 Å². The van der Waals surface area contributed by atoms with Crippen LogP contribution in [-0.4, -0.2) is 26.2 Å². The van der Waals surface area contributed by atoms with Crippen molar-refractivity contribution in [3.63, 3.8) is 0 Å². The fraction of sp³-hybridized carbons (Fsp3) is 0.235. The molecule has 4 nitrogen and oxygen atoms in total. The van der Waals surface area contributed by atoms with Crippen LogP contribution < -0.4 is 10.1 Å². The van der Waals surface area contributed by atoms with Crippen LogP contribution in [0.3, 0.4) is 0 Å². The number of halogens is 1. The van der Waals surface area contributed by atoms with Gasteiger partial charge in [0.05, 0.1) is 18.7 Å². The summed E-state index contributed by atoms with van der Waals surface area (Å²) in [5.41, 5.74) is 1.51. The van der Waals surface area contributed by atoms with Gasteiger partial charge in [0.1, 0.15) is 12.4 Å². The van der Waals surface area contributed by atoms with Gasteiger partial charge >= 0.3 is 0 Å². The van der Waals surface area contributed by atoms with Gasteiger partial charge in [-0.2, -0.15) is 0 Å². The summed E-state index contributed by atoms with van der Waals surface area (Å²) in [6.45, 7) is 0.875. The molecule has 0 saturated heterocycles. The second kappa shape index (κ2) is 8.41. The lowest BCUT2D eigenvalue weighted by Crippen LogP contribution is -2.15. The van der Waals surface area contributed by atoms with Gasteiger partial charge in [0.25, 0.3) is 0 Å². The highest BCUT2D eigenvalue weighted by molar-refractivity contribution is 6.31. The van der Waals surface area contributed by atoms with Crippen molar-refractivity contribution >= 4 is 23.2 Å². The summed E-state index contributed by atoms with van der Waals surface area (Å²) in [6.07, 6.45) is 0.296. The summed E-state index contributed by atoms with van der Waals surface area (Å²) in [7, 11) is 1.60. The first-order chi connectivity index (χ1) is 10.7. The number of carbonyl (C=O) groups excluding carboxylic acids is 1. The summed E-state index contributed by atoms with van der Waals surface area (Å²) in [5, 5.41) is 3.37. The largest absolute Gasteiger partial charge is 0.489 e. The average Bonchev–Trinajstić information content (AvgIpc) is 2.50. The van der Waals surface area contributed by atoms with Gasteiger partial charge in [0, 0.05) is 12.1 Å². The molecule has 0 saturated carbocycles. The van der Waals surface area contributed by atoms with Crippen LogP contribution in [0.25, 0.3) is 0 Å². The van der Waals surface area contributed by atoms with E-state index in [-0.39, 0.29) is 5.91 Å². The fourth-order valence-electron chi connectivity index (χ4n) is 1.94. The summed E-state index contributed by atoms with van der Waals surface area (Å²) in [5.74, 6) is 0.452. The van der Waals surface area contributed by atoms with Gasteiger partial charge in [-0.05, 0) is 23.8 Å². The van der Waals surface area contributed by atoms with E-state index in [0.717, 1.165) is 5.56 Å². The maximum absolute atomic E-state index is 12.1. The van der Waals surface area contributed by atoms with Gasteiger partial charge in [-0.25, -0.2) is 0 Å². The Hall–Kier alpha value is -2.04. The monoisotopic (exact) mass is 319 g/mol. The van der Waals surface area contributed by atoms with Crippen LogP contribution in [0.2, 0.25) is 5.02 Å². The van der Waals surface area contributed by atoms with E-state index in [1.807, 2.05) is 30.3 Å². The highest BCUT2D eigenvalue weighted by Gasteiger charge is 2.09. The maximum Gasteiger partial charge on any atom is 0.228 e. The number of benzene rings is 2. The van der Waals surface area contributed by atoms with Gasteiger partial charge in [-0.1, -0.05) is 41.9 Å². The summed E-state index contributed by atoms with van der Waals surface area (Å²) < 4.78 is 10.5. The molecule has 0 bridgehead atoms. The number of hydrogen-bond acceptors (Lipinski definition) is 3. The Morgan fingerprint density at radius 1 is 1.14 bits per heavy atom. The molecule has 0 fully saturated rings. The zero-order valence-electron chi connectivity index (χ0n) is 12.3. The number of rotatable bonds is 7. The molecule has 2 rings (SSSR count). The quantitative estimate of drug-likeness (QED) is 0.794. The molecule has 0 atom stereocenters. The lowest BCUT2D eigenvalue weighted by molar-refractivity contribution is -0.115. The number of carbonyl (C=O) groups is 1.